The number of benzene rings is 1. The molecule has 0 aliphatic carbocycles. The number of esters is 1. The molecule has 0 spiro atoms. The maximum Gasteiger partial charge on any atom is 0.329 e. The van der Waals surface area contributed by atoms with Gasteiger partial charge in [0.05, 0.1) is 6.61 Å². The minimum atomic E-state index is -0.610. The van der Waals surface area contributed by atoms with Crippen molar-refractivity contribution in [2.75, 3.05) is 25.2 Å². The zero-order chi connectivity index (χ0) is 13.8. The average Bonchev–Trinajstić information content (AvgIpc) is 2.77. The van der Waals surface area contributed by atoms with Crippen LogP contribution in [0.4, 0.5) is 5.69 Å². The summed E-state index contributed by atoms with van der Waals surface area (Å²) in [6.07, 6.45) is 0.473. The van der Waals surface area contributed by atoms with Crippen molar-refractivity contribution in [1.82, 2.24) is 0 Å². The molecule has 1 aliphatic heterocycles. The Hall–Kier alpha value is -1.59. The van der Waals surface area contributed by atoms with Gasteiger partial charge in [0, 0.05) is 24.2 Å². The van der Waals surface area contributed by atoms with E-state index < -0.39 is 12.0 Å². The van der Waals surface area contributed by atoms with Gasteiger partial charge in [-0.3, -0.25) is 9.69 Å². The highest BCUT2D eigenvalue weighted by molar-refractivity contribution is 6.31. The third-order valence-electron chi connectivity index (χ3n) is 2.84. The van der Waals surface area contributed by atoms with Crippen molar-refractivity contribution in [1.29, 1.82) is 0 Å². The SMILES string of the molecule is COCC(=O)N(c1cccc(Cl)c1)C1CCOC1=O. The summed E-state index contributed by atoms with van der Waals surface area (Å²) in [6, 6.07) is 6.19. The van der Waals surface area contributed by atoms with Gasteiger partial charge in [-0.25, -0.2) is 4.79 Å². The minimum Gasteiger partial charge on any atom is -0.464 e. The summed E-state index contributed by atoms with van der Waals surface area (Å²) in [6.45, 7) is 0.219. The Kier molecular flexibility index (Phi) is 4.39. The molecule has 5 nitrogen and oxygen atoms in total. The minimum absolute atomic E-state index is 0.101. The van der Waals surface area contributed by atoms with Crippen molar-refractivity contribution in [2.24, 2.45) is 0 Å². The van der Waals surface area contributed by atoms with Crippen molar-refractivity contribution < 1.29 is 19.1 Å². The first-order chi connectivity index (χ1) is 9.13. The first-order valence-electron chi connectivity index (χ1n) is 5.86. The second-order valence-corrected chi connectivity index (χ2v) is 4.59. The highest BCUT2D eigenvalue weighted by atomic mass is 35.5. The van der Waals surface area contributed by atoms with E-state index in [1.807, 2.05) is 0 Å². The summed E-state index contributed by atoms with van der Waals surface area (Å²) in [5.41, 5.74) is 0.568. The number of hydrogen-bond acceptors (Lipinski definition) is 4. The van der Waals surface area contributed by atoms with Gasteiger partial charge >= 0.3 is 5.97 Å². The molecule has 102 valence electrons. The van der Waals surface area contributed by atoms with Gasteiger partial charge in [-0.1, -0.05) is 17.7 Å². The lowest BCUT2D eigenvalue weighted by atomic mass is 10.1. The van der Waals surface area contributed by atoms with Crippen LogP contribution in [0.15, 0.2) is 24.3 Å². The lowest BCUT2D eigenvalue weighted by molar-refractivity contribution is -0.140. The first kappa shape index (κ1) is 13.8. The summed E-state index contributed by atoms with van der Waals surface area (Å²) >= 11 is 5.93. The van der Waals surface area contributed by atoms with Crippen LogP contribution in [-0.4, -0.2) is 38.2 Å². The molecule has 0 radical (unpaired) electrons. The van der Waals surface area contributed by atoms with E-state index in [9.17, 15) is 9.59 Å². The van der Waals surface area contributed by atoms with Crippen LogP contribution >= 0.6 is 11.6 Å². The van der Waals surface area contributed by atoms with E-state index in [1.165, 1.54) is 12.0 Å². The number of carbonyl (C=O) groups is 2. The van der Waals surface area contributed by atoms with Gasteiger partial charge in [0.1, 0.15) is 12.6 Å². The van der Waals surface area contributed by atoms with Crippen molar-refractivity contribution >= 4 is 29.2 Å². The van der Waals surface area contributed by atoms with E-state index >= 15 is 0 Å². The molecule has 6 heteroatoms. The Morgan fingerprint density at radius 1 is 1.58 bits per heavy atom. The predicted octanol–water partition coefficient (Wildman–Crippen LogP) is 1.63. The van der Waals surface area contributed by atoms with Gasteiger partial charge in [0.2, 0.25) is 0 Å². The highest BCUT2D eigenvalue weighted by Gasteiger charge is 2.36. The molecular formula is C13H14ClNO4. The Labute approximate surface area is 116 Å². The smallest absolute Gasteiger partial charge is 0.329 e. The van der Waals surface area contributed by atoms with E-state index in [-0.39, 0.29) is 12.5 Å². The van der Waals surface area contributed by atoms with Crippen LogP contribution in [0.2, 0.25) is 5.02 Å². The molecule has 1 aromatic carbocycles. The first-order valence-corrected chi connectivity index (χ1v) is 6.24. The highest BCUT2D eigenvalue weighted by Crippen LogP contribution is 2.25. The molecule has 1 amide bonds. The molecule has 1 fully saturated rings. The normalized spacial score (nSPS) is 18.2. The molecule has 1 aliphatic rings. The van der Waals surface area contributed by atoms with Crippen molar-refractivity contribution in [3.05, 3.63) is 29.3 Å². The fraction of sp³-hybridized carbons (Fsp3) is 0.385. The largest absolute Gasteiger partial charge is 0.464 e. The van der Waals surface area contributed by atoms with Gasteiger partial charge in [0.15, 0.2) is 0 Å². The van der Waals surface area contributed by atoms with Crippen LogP contribution in [0, 0.1) is 0 Å². The monoisotopic (exact) mass is 283 g/mol. The van der Waals surface area contributed by atoms with Gasteiger partial charge in [-0.05, 0) is 18.2 Å². The molecule has 2 rings (SSSR count). The number of anilines is 1. The van der Waals surface area contributed by atoms with E-state index in [2.05, 4.69) is 0 Å². The van der Waals surface area contributed by atoms with Crippen LogP contribution in [0.5, 0.6) is 0 Å². The van der Waals surface area contributed by atoms with Crippen LogP contribution < -0.4 is 4.90 Å². The molecule has 1 heterocycles. The number of nitrogens with zero attached hydrogens (tertiary/aromatic N) is 1. The maximum absolute atomic E-state index is 12.1. The van der Waals surface area contributed by atoms with Crippen molar-refractivity contribution in [2.45, 2.75) is 12.5 Å². The number of amides is 1. The maximum atomic E-state index is 12.1. The molecule has 0 bridgehead atoms. The predicted molar refractivity (Wildman–Crippen MR) is 70.2 cm³/mol. The second kappa shape index (κ2) is 6.04. The van der Waals surface area contributed by atoms with Gasteiger partial charge < -0.3 is 9.47 Å². The third-order valence-corrected chi connectivity index (χ3v) is 3.08. The molecule has 1 unspecified atom stereocenters. The van der Waals surface area contributed by atoms with Crippen molar-refractivity contribution in [3.8, 4) is 0 Å². The number of ether oxygens (including phenoxy) is 2. The van der Waals surface area contributed by atoms with Crippen LogP contribution in [0.25, 0.3) is 0 Å². The van der Waals surface area contributed by atoms with Crippen LogP contribution in [0.1, 0.15) is 6.42 Å². The van der Waals surface area contributed by atoms with Gasteiger partial charge in [0.25, 0.3) is 5.91 Å². The number of carbonyl (C=O) groups excluding carboxylic acids is 2. The summed E-state index contributed by atoms with van der Waals surface area (Å²) in [7, 11) is 1.43. The lowest BCUT2D eigenvalue weighted by Gasteiger charge is -2.26. The number of hydrogen-bond donors (Lipinski definition) is 0. The van der Waals surface area contributed by atoms with Gasteiger partial charge in [-0.2, -0.15) is 0 Å². The topological polar surface area (TPSA) is 55.8 Å². The lowest BCUT2D eigenvalue weighted by Crippen LogP contribution is -2.44. The van der Waals surface area contributed by atoms with Crippen molar-refractivity contribution in [3.63, 3.8) is 0 Å². The average molecular weight is 284 g/mol. The summed E-state index contributed by atoms with van der Waals surface area (Å²) in [5, 5.41) is 0.499. The molecular weight excluding hydrogens is 270 g/mol. The molecule has 1 saturated heterocycles. The van der Waals surface area contributed by atoms with Gasteiger partial charge in [-0.15, -0.1) is 0 Å². The zero-order valence-electron chi connectivity index (χ0n) is 10.5. The third kappa shape index (κ3) is 3.05. The van der Waals surface area contributed by atoms with E-state index in [1.54, 1.807) is 24.3 Å². The molecule has 0 N–H and O–H groups in total. The summed E-state index contributed by atoms with van der Waals surface area (Å²) in [5.74, 6) is -0.696. The number of rotatable bonds is 4. The fourth-order valence-corrected chi connectivity index (χ4v) is 2.22. The Bertz CT molecular complexity index is 491. The van der Waals surface area contributed by atoms with Crippen LogP contribution in [-0.2, 0) is 19.1 Å². The molecule has 19 heavy (non-hydrogen) atoms. The van der Waals surface area contributed by atoms with Crippen LogP contribution in [0.3, 0.4) is 0 Å². The zero-order valence-corrected chi connectivity index (χ0v) is 11.2. The van der Waals surface area contributed by atoms with E-state index in [4.69, 9.17) is 21.1 Å². The number of methoxy groups -OCH3 is 1. The molecule has 0 saturated carbocycles. The number of halogens is 1. The molecule has 1 aromatic rings. The Morgan fingerprint density at radius 3 is 2.95 bits per heavy atom. The fourth-order valence-electron chi connectivity index (χ4n) is 2.04. The van der Waals surface area contributed by atoms with E-state index in [0.717, 1.165) is 0 Å². The molecule has 1 atom stereocenters. The summed E-state index contributed by atoms with van der Waals surface area (Å²) < 4.78 is 9.77. The quantitative estimate of drug-likeness (QED) is 0.788. The number of cyclic esters (lactones) is 1. The second-order valence-electron chi connectivity index (χ2n) is 4.15. The van der Waals surface area contributed by atoms with E-state index in [0.29, 0.717) is 23.7 Å². The summed E-state index contributed by atoms with van der Waals surface area (Å²) in [4.78, 5) is 25.2. The Balaban J connectivity index is 2.33. The Morgan fingerprint density at radius 2 is 2.37 bits per heavy atom. The molecule has 0 aromatic heterocycles. The standard InChI is InChI=1S/C13H14ClNO4/c1-18-8-12(16)15(11-5-6-19-13(11)17)10-4-2-3-9(14)7-10/h2-4,7,11H,5-6,8H2,1H3.